The Kier molecular flexibility index (Phi) is 7.28. The van der Waals surface area contributed by atoms with Gasteiger partial charge in [-0.3, -0.25) is 0 Å². The third-order valence-corrected chi connectivity index (χ3v) is 8.76. The molecule has 3 aromatic carbocycles. The molecule has 34 heavy (non-hydrogen) atoms. The van der Waals surface area contributed by atoms with Gasteiger partial charge in [0.15, 0.2) is 0 Å². The van der Waals surface area contributed by atoms with Gasteiger partial charge in [0.2, 0.25) is 10.0 Å². The highest BCUT2D eigenvalue weighted by atomic mass is 79.9. The Hall–Kier alpha value is -2.07. The summed E-state index contributed by atoms with van der Waals surface area (Å²) >= 11 is 5.09. The number of benzene rings is 3. The van der Waals surface area contributed by atoms with Crippen molar-refractivity contribution in [1.29, 1.82) is 0 Å². The Bertz CT molecular complexity index is 1300. The second kappa shape index (κ2) is 9.89. The number of halogens is 1. The van der Waals surface area contributed by atoms with E-state index in [0.29, 0.717) is 13.1 Å². The van der Waals surface area contributed by atoms with Crippen LogP contribution in [0.1, 0.15) is 20.8 Å². The minimum absolute atomic E-state index is 0.241. The van der Waals surface area contributed by atoms with Crippen LogP contribution in [0.2, 0.25) is 0 Å². The molecule has 9 heteroatoms. The smallest absolute Gasteiger partial charge is 0.410 e. The molecule has 0 aliphatic carbocycles. The van der Waals surface area contributed by atoms with Gasteiger partial charge in [-0.2, -0.15) is 4.31 Å². The molecule has 0 saturated carbocycles. The molecule has 1 aliphatic heterocycles. The Balaban J connectivity index is 1.40. The van der Waals surface area contributed by atoms with Gasteiger partial charge in [-0.25, -0.2) is 13.2 Å². The number of rotatable bonds is 4. The van der Waals surface area contributed by atoms with Gasteiger partial charge < -0.3 is 9.64 Å². The average molecular weight is 564 g/mol. The highest BCUT2D eigenvalue weighted by Gasteiger charge is 2.31. The van der Waals surface area contributed by atoms with E-state index in [1.54, 1.807) is 28.8 Å². The maximum absolute atomic E-state index is 13.1. The quantitative estimate of drug-likeness (QED) is 0.390. The largest absolute Gasteiger partial charge is 0.444 e. The summed E-state index contributed by atoms with van der Waals surface area (Å²) in [6.07, 6.45) is -0.410. The lowest BCUT2D eigenvalue weighted by Gasteiger charge is -2.35. The van der Waals surface area contributed by atoms with Crippen LogP contribution in [0.25, 0.3) is 10.8 Å². The first kappa shape index (κ1) is 25.0. The molecule has 0 unspecified atom stereocenters. The van der Waals surface area contributed by atoms with E-state index in [1.165, 1.54) is 4.31 Å². The van der Waals surface area contributed by atoms with Crippen LogP contribution in [0.4, 0.5) is 4.79 Å². The van der Waals surface area contributed by atoms with Gasteiger partial charge >= 0.3 is 6.09 Å². The van der Waals surface area contributed by atoms with Crippen molar-refractivity contribution in [2.24, 2.45) is 0 Å². The molecular formula is C25H27BrN2O4S2. The Morgan fingerprint density at radius 2 is 1.47 bits per heavy atom. The van der Waals surface area contributed by atoms with E-state index in [1.807, 2.05) is 39.0 Å². The standard InChI is InChI=1S/C25H27BrN2O4S2/c1-25(2,3)32-24(29)27-12-14-28(15-13-27)34(30,31)23-10-8-21(9-11-23)33-22-7-5-18-16-20(26)6-4-19(18)17-22/h4-11,16-17H,12-15H2,1-3H3. The first-order valence-corrected chi connectivity index (χ1v) is 14.0. The average Bonchev–Trinajstić information content (AvgIpc) is 2.78. The monoisotopic (exact) mass is 562 g/mol. The first-order chi connectivity index (χ1) is 16.0. The zero-order valence-corrected chi connectivity index (χ0v) is 22.5. The van der Waals surface area contributed by atoms with Crippen LogP contribution in [0.15, 0.2) is 79.8 Å². The van der Waals surface area contributed by atoms with E-state index in [2.05, 4.69) is 46.3 Å². The molecule has 0 N–H and O–H groups in total. The van der Waals surface area contributed by atoms with Crippen LogP contribution in [0, 0.1) is 0 Å². The highest BCUT2D eigenvalue weighted by Crippen LogP contribution is 2.32. The van der Waals surface area contributed by atoms with Crippen LogP contribution >= 0.6 is 27.7 Å². The zero-order valence-electron chi connectivity index (χ0n) is 19.3. The molecule has 0 atom stereocenters. The zero-order chi connectivity index (χ0) is 24.5. The molecule has 1 amide bonds. The Labute approximate surface area is 213 Å². The van der Waals surface area contributed by atoms with Crippen molar-refractivity contribution in [3.63, 3.8) is 0 Å². The van der Waals surface area contributed by atoms with E-state index >= 15 is 0 Å². The molecule has 1 fully saturated rings. The lowest BCUT2D eigenvalue weighted by Crippen LogP contribution is -2.51. The number of nitrogens with zero attached hydrogens (tertiary/aromatic N) is 2. The molecule has 4 rings (SSSR count). The second-order valence-electron chi connectivity index (χ2n) is 9.10. The number of piperazine rings is 1. The van der Waals surface area contributed by atoms with E-state index in [0.717, 1.165) is 25.0 Å². The van der Waals surface area contributed by atoms with Crippen LogP contribution in [0.3, 0.4) is 0 Å². The van der Waals surface area contributed by atoms with Gasteiger partial charge in [-0.1, -0.05) is 39.8 Å². The number of amides is 1. The highest BCUT2D eigenvalue weighted by molar-refractivity contribution is 9.10. The summed E-state index contributed by atoms with van der Waals surface area (Å²) in [5.74, 6) is 0. The number of ether oxygens (including phenoxy) is 1. The molecule has 1 aliphatic rings. The molecular weight excluding hydrogens is 536 g/mol. The lowest BCUT2D eigenvalue weighted by molar-refractivity contribution is 0.0192. The van der Waals surface area contributed by atoms with Crippen LogP contribution in [-0.4, -0.2) is 55.5 Å². The third kappa shape index (κ3) is 5.94. The van der Waals surface area contributed by atoms with Gasteiger partial charge in [-0.05, 0) is 80.1 Å². The summed E-state index contributed by atoms with van der Waals surface area (Å²) in [5, 5.41) is 2.31. The minimum atomic E-state index is -3.63. The normalized spacial score (nSPS) is 15.5. The van der Waals surface area contributed by atoms with E-state index < -0.39 is 21.7 Å². The van der Waals surface area contributed by atoms with E-state index in [9.17, 15) is 13.2 Å². The summed E-state index contributed by atoms with van der Waals surface area (Å²) in [7, 11) is -3.63. The Morgan fingerprint density at radius 3 is 2.12 bits per heavy atom. The molecule has 3 aromatic rings. The molecule has 1 heterocycles. The minimum Gasteiger partial charge on any atom is -0.444 e. The van der Waals surface area contributed by atoms with E-state index in [4.69, 9.17) is 4.74 Å². The fourth-order valence-corrected chi connectivity index (χ4v) is 6.33. The van der Waals surface area contributed by atoms with Crippen LogP contribution in [-0.2, 0) is 14.8 Å². The predicted octanol–water partition coefficient (Wildman–Crippen LogP) is 5.99. The van der Waals surface area contributed by atoms with Gasteiger partial charge in [0.25, 0.3) is 0 Å². The summed E-state index contributed by atoms with van der Waals surface area (Å²) in [4.78, 5) is 16.1. The number of hydrogen-bond acceptors (Lipinski definition) is 5. The number of fused-ring (bicyclic) bond motifs is 1. The second-order valence-corrected chi connectivity index (χ2v) is 13.1. The van der Waals surface area contributed by atoms with Gasteiger partial charge in [0.1, 0.15) is 5.60 Å². The topological polar surface area (TPSA) is 66.9 Å². The fourth-order valence-electron chi connectivity index (χ4n) is 3.66. The molecule has 6 nitrogen and oxygen atoms in total. The molecule has 0 bridgehead atoms. The number of carbonyl (C=O) groups is 1. The molecule has 0 radical (unpaired) electrons. The molecule has 0 spiro atoms. The first-order valence-electron chi connectivity index (χ1n) is 11.0. The summed E-state index contributed by atoms with van der Waals surface area (Å²) in [6, 6.07) is 19.4. The van der Waals surface area contributed by atoms with Crippen LogP contribution in [0.5, 0.6) is 0 Å². The molecule has 1 saturated heterocycles. The van der Waals surface area contributed by atoms with Crippen molar-refractivity contribution in [3.8, 4) is 0 Å². The Morgan fingerprint density at radius 1 is 0.882 bits per heavy atom. The van der Waals surface area contributed by atoms with Gasteiger partial charge in [0, 0.05) is 40.4 Å². The molecule has 180 valence electrons. The van der Waals surface area contributed by atoms with E-state index in [-0.39, 0.29) is 18.0 Å². The van der Waals surface area contributed by atoms with Crippen molar-refractivity contribution < 1.29 is 17.9 Å². The summed E-state index contributed by atoms with van der Waals surface area (Å²) in [6.45, 7) is 6.53. The SMILES string of the molecule is CC(C)(C)OC(=O)N1CCN(S(=O)(=O)c2ccc(Sc3ccc4cc(Br)ccc4c3)cc2)CC1. The van der Waals surface area contributed by atoms with Gasteiger partial charge in [-0.15, -0.1) is 0 Å². The maximum Gasteiger partial charge on any atom is 0.410 e. The summed E-state index contributed by atoms with van der Waals surface area (Å²) in [5.41, 5.74) is -0.579. The van der Waals surface area contributed by atoms with Crippen molar-refractivity contribution in [2.45, 2.75) is 41.1 Å². The van der Waals surface area contributed by atoms with Crippen LogP contribution < -0.4 is 0 Å². The predicted molar refractivity (Wildman–Crippen MR) is 139 cm³/mol. The number of sulfonamides is 1. The number of carbonyl (C=O) groups excluding carboxylic acids is 1. The van der Waals surface area contributed by atoms with Crippen molar-refractivity contribution in [1.82, 2.24) is 9.21 Å². The van der Waals surface area contributed by atoms with Crippen molar-refractivity contribution in [3.05, 3.63) is 65.1 Å². The lowest BCUT2D eigenvalue weighted by atomic mass is 10.1. The van der Waals surface area contributed by atoms with Crippen molar-refractivity contribution >= 4 is 54.6 Å². The number of hydrogen-bond donors (Lipinski definition) is 0. The third-order valence-electron chi connectivity index (χ3n) is 5.36. The maximum atomic E-state index is 13.1. The van der Waals surface area contributed by atoms with Crippen molar-refractivity contribution in [2.75, 3.05) is 26.2 Å². The fraction of sp³-hybridized carbons (Fsp3) is 0.320. The van der Waals surface area contributed by atoms with Gasteiger partial charge in [0.05, 0.1) is 4.90 Å². The molecule has 0 aromatic heterocycles. The summed E-state index contributed by atoms with van der Waals surface area (Å²) < 4.78 is 34.1.